The molecule has 0 fully saturated rings. The minimum atomic E-state index is -0.758. The maximum absolute atomic E-state index is 13.7. The number of furan rings is 1. The summed E-state index contributed by atoms with van der Waals surface area (Å²) in [4.78, 5) is 31.7. The van der Waals surface area contributed by atoms with Crippen LogP contribution in [0.25, 0.3) is 17.4 Å². The Hall–Kier alpha value is -3.20. The van der Waals surface area contributed by atoms with Crippen LogP contribution in [0.1, 0.15) is 31.2 Å². The van der Waals surface area contributed by atoms with Gasteiger partial charge in [-0.2, -0.15) is 0 Å². The number of hydrogen-bond donors (Lipinski definition) is 0. The second-order valence-corrected chi connectivity index (χ2v) is 10.4. The Morgan fingerprint density at radius 1 is 1.19 bits per heavy atom. The van der Waals surface area contributed by atoms with E-state index in [1.807, 2.05) is 42.5 Å². The smallest absolute Gasteiger partial charge is 0.338 e. The Labute approximate surface area is 224 Å². The van der Waals surface area contributed by atoms with Crippen LogP contribution in [0.5, 0.6) is 0 Å². The van der Waals surface area contributed by atoms with Crippen LogP contribution in [0.3, 0.4) is 0 Å². The second-order valence-electron chi connectivity index (χ2n) is 8.03. The molecule has 0 amide bonds. The van der Waals surface area contributed by atoms with Crippen molar-refractivity contribution in [3.63, 3.8) is 0 Å². The van der Waals surface area contributed by atoms with Crippen LogP contribution in [-0.2, 0) is 9.53 Å². The van der Waals surface area contributed by atoms with Gasteiger partial charge in [0.2, 0.25) is 0 Å². The molecular formula is C27H20BrClN2O4S. The first-order chi connectivity index (χ1) is 17.4. The first-order valence-corrected chi connectivity index (χ1v) is 13.2. The lowest BCUT2D eigenvalue weighted by Crippen LogP contribution is -2.40. The second kappa shape index (κ2) is 10.0. The van der Waals surface area contributed by atoms with E-state index in [2.05, 4.69) is 20.9 Å². The highest BCUT2D eigenvalue weighted by atomic mass is 79.9. The number of benzene rings is 2. The normalized spacial score (nSPS) is 15.6. The molecule has 0 spiro atoms. The number of thiazole rings is 1. The molecule has 0 bridgehead atoms. The molecule has 1 atom stereocenters. The highest BCUT2D eigenvalue weighted by Gasteiger charge is 2.34. The standard InChI is InChI=1S/C27H20BrClN2O4S/c1-3-34-26(33)23-15(2)30-27-31(24(23)19-6-4-5-7-20(19)29)25(32)22(36-27)14-18-12-13-21(35-18)16-8-10-17(28)11-9-16/h4-14,24H,3H2,1-2H3/t24-/m0/s1. The Bertz CT molecular complexity index is 1680. The fourth-order valence-electron chi connectivity index (χ4n) is 4.11. The maximum atomic E-state index is 13.7. The van der Waals surface area contributed by atoms with Crippen LogP contribution >= 0.6 is 38.9 Å². The van der Waals surface area contributed by atoms with E-state index in [0.29, 0.717) is 42.7 Å². The summed E-state index contributed by atoms with van der Waals surface area (Å²) in [5, 5.41) is 0.443. The van der Waals surface area contributed by atoms with Crippen LogP contribution in [0, 0.1) is 0 Å². The molecule has 0 aliphatic carbocycles. The van der Waals surface area contributed by atoms with Gasteiger partial charge >= 0.3 is 5.97 Å². The first kappa shape index (κ1) is 24.5. The zero-order valence-electron chi connectivity index (χ0n) is 19.3. The molecule has 182 valence electrons. The number of rotatable bonds is 5. The summed E-state index contributed by atoms with van der Waals surface area (Å²) < 4.78 is 14.2. The summed E-state index contributed by atoms with van der Waals surface area (Å²) in [5.41, 5.74) is 2.04. The predicted molar refractivity (Wildman–Crippen MR) is 144 cm³/mol. The van der Waals surface area contributed by atoms with Gasteiger partial charge in [0, 0.05) is 21.1 Å². The number of hydrogen-bond acceptors (Lipinski definition) is 6. The number of fused-ring (bicyclic) bond motifs is 1. The van der Waals surface area contributed by atoms with Crippen LogP contribution in [0.4, 0.5) is 0 Å². The maximum Gasteiger partial charge on any atom is 0.338 e. The molecule has 0 N–H and O–H groups in total. The number of carbonyl (C=O) groups excluding carboxylic acids is 1. The van der Waals surface area contributed by atoms with Crippen molar-refractivity contribution in [2.24, 2.45) is 4.99 Å². The molecule has 1 aliphatic rings. The number of carbonyl (C=O) groups is 1. The van der Waals surface area contributed by atoms with Crippen molar-refractivity contribution in [2.75, 3.05) is 6.61 Å². The van der Waals surface area contributed by atoms with Gasteiger partial charge in [-0.25, -0.2) is 9.79 Å². The quantitative estimate of drug-likeness (QED) is 0.292. The monoisotopic (exact) mass is 582 g/mol. The van der Waals surface area contributed by atoms with E-state index in [-0.39, 0.29) is 12.2 Å². The molecule has 1 aliphatic heterocycles. The number of ether oxygens (including phenoxy) is 1. The van der Waals surface area contributed by atoms with Gasteiger partial charge in [0.1, 0.15) is 17.6 Å². The van der Waals surface area contributed by atoms with Crippen LogP contribution in [0.2, 0.25) is 5.02 Å². The number of halogens is 2. The third-order valence-electron chi connectivity index (χ3n) is 5.75. The lowest BCUT2D eigenvalue weighted by molar-refractivity contribution is -0.139. The number of allylic oxidation sites excluding steroid dienone is 1. The Morgan fingerprint density at radius 3 is 2.67 bits per heavy atom. The van der Waals surface area contributed by atoms with E-state index in [0.717, 1.165) is 10.0 Å². The lowest BCUT2D eigenvalue weighted by atomic mass is 9.96. The molecule has 0 radical (unpaired) electrons. The molecule has 6 nitrogen and oxygen atoms in total. The van der Waals surface area contributed by atoms with Crippen molar-refractivity contribution in [2.45, 2.75) is 19.9 Å². The lowest BCUT2D eigenvalue weighted by Gasteiger charge is -2.25. The average molecular weight is 584 g/mol. The summed E-state index contributed by atoms with van der Waals surface area (Å²) in [6, 6.07) is 17.9. The van der Waals surface area contributed by atoms with Crippen molar-refractivity contribution in [3.8, 4) is 11.3 Å². The third-order valence-corrected chi connectivity index (χ3v) is 7.60. The van der Waals surface area contributed by atoms with Gasteiger partial charge in [-0.05, 0) is 49.7 Å². The van der Waals surface area contributed by atoms with Gasteiger partial charge in [-0.3, -0.25) is 9.36 Å². The molecular weight excluding hydrogens is 564 g/mol. The zero-order valence-corrected chi connectivity index (χ0v) is 22.5. The highest BCUT2D eigenvalue weighted by molar-refractivity contribution is 9.10. The number of nitrogens with zero attached hydrogens (tertiary/aromatic N) is 2. The molecule has 9 heteroatoms. The first-order valence-electron chi connectivity index (χ1n) is 11.2. The summed E-state index contributed by atoms with van der Waals surface area (Å²) in [6.07, 6.45) is 1.69. The Morgan fingerprint density at radius 2 is 1.94 bits per heavy atom. The Kier molecular flexibility index (Phi) is 6.83. The van der Waals surface area contributed by atoms with E-state index in [1.54, 1.807) is 38.1 Å². The van der Waals surface area contributed by atoms with Crippen molar-refractivity contribution in [3.05, 3.63) is 112 Å². The third kappa shape index (κ3) is 4.52. The van der Waals surface area contributed by atoms with Gasteiger partial charge in [0.15, 0.2) is 4.80 Å². The molecule has 0 saturated carbocycles. The topological polar surface area (TPSA) is 73.8 Å². The number of aromatic nitrogens is 1. The van der Waals surface area contributed by atoms with Crippen LogP contribution in [-0.4, -0.2) is 17.1 Å². The van der Waals surface area contributed by atoms with E-state index in [1.165, 1.54) is 15.9 Å². The summed E-state index contributed by atoms with van der Waals surface area (Å²) in [5.74, 6) is 0.702. The summed E-state index contributed by atoms with van der Waals surface area (Å²) in [7, 11) is 0. The van der Waals surface area contributed by atoms with Gasteiger partial charge in [-0.1, -0.05) is 69.2 Å². The Balaban J connectivity index is 1.65. The fourth-order valence-corrected chi connectivity index (χ4v) is 5.64. The predicted octanol–water partition coefficient (Wildman–Crippen LogP) is 5.47. The SMILES string of the molecule is CCOC(=O)C1=C(C)N=c2sc(=Cc3ccc(-c4ccc(Br)cc4)o3)c(=O)n2[C@H]1c1ccccc1Cl. The van der Waals surface area contributed by atoms with Gasteiger partial charge in [0.25, 0.3) is 5.56 Å². The van der Waals surface area contributed by atoms with Crippen LogP contribution in [0.15, 0.2) is 90.6 Å². The molecule has 5 rings (SSSR count). The molecule has 0 saturated heterocycles. The summed E-state index contributed by atoms with van der Waals surface area (Å²) >= 11 is 11.2. The fraction of sp³-hybridized carbons (Fsp3) is 0.148. The van der Waals surface area contributed by atoms with E-state index >= 15 is 0 Å². The van der Waals surface area contributed by atoms with Crippen molar-refractivity contribution in [1.82, 2.24) is 4.57 Å². The van der Waals surface area contributed by atoms with Crippen LogP contribution < -0.4 is 14.9 Å². The minimum absolute atomic E-state index is 0.203. The molecule has 3 heterocycles. The van der Waals surface area contributed by atoms with E-state index in [9.17, 15) is 9.59 Å². The molecule has 2 aromatic carbocycles. The zero-order chi connectivity index (χ0) is 25.4. The summed E-state index contributed by atoms with van der Waals surface area (Å²) in [6.45, 7) is 3.68. The minimum Gasteiger partial charge on any atom is -0.463 e. The van der Waals surface area contributed by atoms with E-state index < -0.39 is 12.0 Å². The van der Waals surface area contributed by atoms with Gasteiger partial charge in [0.05, 0.1) is 22.4 Å². The van der Waals surface area contributed by atoms with Gasteiger partial charge in [-0.15, -0.1) is 0 Å². The molecule has 4 aromatic rings. The van der Waals surface area contributed by atoms with Crippen molar-refractivity contribution < 1.29 is 13.9 Å². The van der Waals surface area contributed by atoms with Crippen molar-refractivity contribution >= 4 is 50.9 Å². The average Bonchev–Trinajstić information content (AvgIpc) is 3.44. The molecule has 2 aromatic heterocycles. The highest BCUT2D eigenvalue weighted by Crippen LogP contribution is 2.34. The van der Waals surface area contributed by atoms with E-state index in [4.69, 9.17) is 20.8 Å². The molecule has 0 unspecified atom stereocenters. The molecule has 36 heavy (non-hydrogen) atoms. The van der Waals surface area contributed by atoms with Crippen molar-refractivity contribution in [1.29, 1.82) is 0 Å². The largest absolute Gasteiger partial charge is 0.463 e. The number of esters is 1. The van der Waals surface area contributed by atoms with Gasteiger partial charge < -0.3 is 9.15 Å².